The lowest BCUT2D eigenvalue weighted by Crippen LogP contribution is -2.29. The molecule has 1 rings (SSSR count). The number of ether oxygens (including phenoxy) is 2. The average molecular weight is 214 g/mol. The van der Waals surface area contributed by atoms with Crippen molar-refractivity contribution >= 4 is 6.16 Å². The van der Waals surface area contributed by atoms with Gasteiger partial charge in [-0.1, -0.05) is 20.3 Å². The third kappa shape index (κ3) is 4.10. The molecule has 1 atom stereocenters. The van der Waals surface area contributed by atoms with Crippen LogP contribution < -0.4 is 0 Å². The van der Waals surface area contributed by atoms with Crippen LogP contribution in [-0.4, -0.2) is 18.4 Å². The molecular weight excluding hydrogens is 192 g/mol. The van der Waals surface area contributed by atoms with E-state index in [0.717, 1.165) is 32.1 Å². The van der Waals surface area contributed by atoms with Gasteiger partial charge in [-0.25, -0.2) is 4.79 Å². The van der Waals surface area contributed by atoms with Gasteiger partial charge >= 0.3 is 6.16 Å². The molecule has 1 aliphatic rings. The summed E-state index contributed by atoms with van der Waals surface area (Å²) >= 11 is 0. The second-order valence-corrected chi connectivity index (χ2v) is 4.83. The fourth-order valence-corrected chi connectivity index (χ4v) is 1.78. The van der Waals surface area contributed by atoms with Crippen LogP contribution in [0.15, 0.2) is 0 Å². The predicted molar refractivity (Wildman–Crippen MR) is 58.8 cm³/mol. The molecule has 15 heavy (non-hydrogen) atoms. The highest BCUT2D eigenvalue weighted by Gasteiger charge is 2.33. The molecule has 1 fully saturated rings. The van der Waals surface area contributed by atoms with Crippen molar-refractivity contribution in [2.45, 2.75) is 58.5 Å². The van der Waals surface area contributed by atoms with E-state index in [2.05, 4.69) is 13.8 Å². The summed E-state index contributed by atoms with van der Waals surface area (Å²) in [5.74, 6) is 0.411. The predicted octanol–water partition coefficient (Wildman–Crippen LogP) is 3.52. The zero-order chi connectivity index (χ0) is 11.3. The normalized spacial score (nSPS) is 21.0. The van der Waals surface area contributed by atoms with E-state index < -0.39 is 6.16 Å². The van der Waals surface area contributed by atoms with Crippen molar-refractivity contribution < 1.29 is 14.3 Å². The van der Waals surface area contributed by atoms with Gasteiger partial charge < -0.3 is 9.47 Å². The quantitative estimate of drug-likeness (QED) is 0.672. The maximum absolute atomic E-state index is 11.4. The first-order valence-electron chi connectivity index (χ1n) is 5.91. The standard InChI is InChI=1S/C12H22O3/c1-4-10(2)9-14-11(13)15-12(3)7-5-6-8-12/h10H,4-9H2,1-3H3. The van der Waals surface area contributed by atoms with Crippen LogP contribution in [0.5, 0.6) is 0 Å². The molecule has 0 radical (unpaired) electrons. The van der Waals surface area contributed by atoms with Crippen LogP contribution in [0.3, 0.4) is 0 Å². The topological polar surface area (TPSA) is 35.5 Å². The van der Waals surface area contributed by atoms with E-state index in [-0.39, 0.29) is 5.60 Å². The Hall–Kier alpha value is -0.730. The molecule has 0 N–H and O–H groups in total. The van der Waals surface area contributed by atoms with Crippen LogP contribution in [0.1, 0.15) is 52.9 Å². The summed E-state index contributed by atoms with van der Waals surface area (Å²) in [6, 6.07) is 0. The maximum atomic E-state index is 11.4. The highest BCUT2D eigenvalue weighted by molar-refractivity contribution is 5.60. The molecule has 3 heteroatoms. The van der Waals surface area contributed by atoms with Crippen molar-refractivity contribution in [2.75, 3.05) is 6.61 Å². The molecule has 88 valence electrons. The first-order chi connectivity index (χ1) is 7.06. The molecule has 0 aromatic carbocycles. The molecule has 0 aliphatic heterocycles. The van der Waals surface area contributed by atoms with Crippen molar-refractivity contribution in [3.63, 3.8) is 0 Å². The Morgan fingerprint density at radius 1 is 1.40 bits per heavy atom. The minimum Gasteiger partial charge on any atom is -0.434 e. The van der Waals surface area contributed by atoms with Crippen LogP contribution in [-0.2, 0) is 9.47 Å². The smallest absolute Gasteiger partial charge is 0.434 e. The van der Waals surface area contributed by atoms with Gasteiger partial charge in [0.2, 0.25) is 0 Å². The molecule has 0 saturated heterocycles. The summed E-state index contributed by atoms with van der Waals surface area (Å²) < 4.78 is 10.4. The van der Waals surface area contributed by atoms with Crippen LogP contribution in [0.4, 0.5) is 4.79 Å². The Bertz CT molecular complexity index is 207. The van der Waals surface area contributed by atoms with Crippen LogP contribution >= 0.6 is 0 Å². The third-order valence-electron chi connectivity index (χ3n) is 3.17. The third-order valence-corrected chi connectivity index (χ3v) is 3.17. The molecule has 3 nitrogen and oxygen atoms in total. The van der Waals surface area contributed by atoms with Gasteiger partial charge in [0, 0.05) is 0 Å². The molecule has 1 unspecified atom stereocenters. The van der Waals surface area contributed by atoms with E-state index in [4.69, 9.17) is 9.47 Å². The molecule has 0 spiro atoms. The van der Waals surface area contributed by atoms with Gasteiger partial charge in [0.15, 0.2) is 0 Å². The molecule has 0 aromatic rings. The first-order valence-corrected chi connectivity index (χ1v) is 5.91. The summed E-state index contributed by atoms with van der Waals surface area (Å²) in [5, 5.41) is 0. The Morgan fingerprint density at radius 3 is 2.53 bits per heavy atom. The summed E-state index contributed by atoms with van der Waals surface area (Å²) in [7, 11) is 0. The molecule has 0 aromatic heterocycles. The van der Waals surface area contributed by atoms with E-state index in [1.54, 1.807) is 0 Å². The molecule has 0 amide bonds. The Kier molecular flexibility index (Phi) is 4.43. The van der Waals surface area contributed by atoms with Crippen molar-refractivity contribution in [1.29, 1.82) is 0 Å². The molecule has 0 bridgehead atoms. The largest absolute Gasteiger partial charge is 0.508 e. The Balaban J connectivity index is 2.23. The van der Waals surface area contributed by atoms with Gasteiger partial charge in [-0.2, -0.15) is 0 Å². The summed E-state index contributed by atoms with van der Waals surface area (Å²) in [4.78, 5) is 11.4. The van der Waals surface area contributed by atoms with Gasteiger partial charge in [-0.15, -0.1) is 0 Å². The number of carbonyl (C=O) groups excluding carboxylic acids is 1. The number of hydrogen-bond acceptors (Lipinski definition) is 3. The number of hydrogen-bond donors (Lipinski definition) is 0. The van der Waals surface area contributed by atoms with E-state index >= 15 is 0 Å². The zero-order valence-electron chi connectivity index (χ0n) is 10.0. The van der Waals surface area contributed by atoms with Crippen molar-refractivity contribution in [2.24, 2.45) is 5.92 Å². The lowest BCUT2D eigenvalue weighted by atomic mass is 10.1. The van der Waals surface area contributed by atoms with Crippen LogP contribution in [0.25, 0.3) is 0 Å². The van der Waals surface area contributed by atoms with E-state index in [1.165, 1.54) is 0 Å². The second-order valence-electron chi connectivity index (χ2n) is 4.83. The minimum atomic E-state index is -0.500. The highest BCUT2D eigenvalue weighted by atomic mass is 16.7. The van der Waals surface area contributed by atoms with Crippen molar-refractivity contribution in [3.05, 3.63) is 0 Å². The second kappa shape index (κ2) is 5.38. The lowest BCUT2D eigenvalue weighted by Gasteiger charge is -2.23. The van der Waals surface area contributed by atoms with Crippen LogP contribution in [0, 0.1) is 5.92 Å². The molecule has 1 aliphatic carbocycles. The summed E-state index contributed by atoms with van der Waals surface area (Å²) in [6.45, 7) is 6.60. The van der Waals surface area contributed by atoms with E-state index in [1.807, 2.05) is 6.92 Å². The van der Waals surface area contributed by atoms with Crippen molar-refractivity contribution in [1.82, 2.24) is 0 Å². The maximum Gasteiger partial charge on any atom is 0.508 e. The minimum absolute atomic E-state index is 0.271. The highest BCUT2D eigenvalue weighted by Crippen LogP contribution is 2.32. The van der Waals surface area contributed by atoms with Gasteiger partial charge in [0.1, 0.15) is 5.60 Å². The summed E-state index contributed by atoms with van der Waals surface area (Å²) in [5.41, 5.74) is -0.271. The number of carbonyl (C=O) groups is 1. The molecule has 1 saturated carbocycles. The lowest BCUT2D eigenvalue weighted by molar-refractivity contribution is -0.0266. The van der Waals surface area contributed by atoms with Gasteiger partial charge in [0.05, 0.1) is 6.61 Å². The zero-order valence-corrected chi connectivity index (χ0v) is 10.0. The van der Waals surface area contributed by atoms with E-state index in [9.17, 15) is 4.79 Å². The fourth-order valence-electron chi connectivity index (χ4n) is 1.78. The van der Waals surface area contributed by atoms with Gasteiger partial charge in [-0.05, 0) is 38.5 Å². The number of rotatable bonds is 4. The molecule has 0 heterocycles. The van der Waals surface area contributed by atoms with E-state index in [0.29, 0.717) is 12.5 Å². The Morgan fingerprint density at radius 2 is 2.00 bits per heavy atom. The van der Waals surface area contributed by atoms with Crippen molar-refractivity contribution in [3.8, 4) is 0 Å². The average Bonchev–Trinajstić information content (AvgIpc) is 2.61. The summed E-state index contributed by atoms with van der Waals surface area (Å²) in [6.07, 6.45) is 4.74. The monoisotopic (exact) mass is 214 g/mol. The molecular formula is C12H22O3. The first kappa shape index (κ1) is 12.3. The Labute approximate surface area is 92.1 Å². The fraction of sp³-hybridized carbons (Fsp3) is 0.917. The van der Waals surface area contributed by atoms with Gasteiger partial charge in [0.25, 0.3) is 0 Å². The SMILES string of the molecule is CCC(C)COC(=O)OC1(C)CCCC1. The van der Waals surface area contributed by atoms with Crippen LogP contribution in [0.2, 0.25) is 0 Å². The van der Waals surface area contributed by atoms with Gasteiger partial charge in [-0.3, -0.25) is 0 Å².